The highest BCUT2D eigenvalue weighted by molar-refractivity contribution is 5.19. The van der Waals surface area contributed by atoms with Crippen LogP contribution >= 0.6 is 0 Å². The van der Waals surface area contributed by atoms with Crippen molar-refractivity contribution in [3.63, 3.8) is 0 Å². The van der Waals surface area contributed by atoms with Gasteiger partial charge < -0.3 is 9.88 Å². The van der Waals surface area contributed by atoms with E-state index < -0.39 is 11.6 Å². The standard InChI is InChI=1S/C12H13F2N3/c13-11-2-1-3-12(14)10(11)8-15-4-6-17-7-5-16-9-17/h1-3,5,7,9,15H,4,6,8H2. The number of aromatic nitrogens is 2. The number of benzene rings is 1. The van der Waals surface area contributed by atoms with E-state index in [0.717, 1.165) is 6.54 Å². The van der Waals surface area contributed by atoms with Gasteiger partial charge in [-0.3, -0.25) is 0 Å². The molecule has 0 unspecified atom stereocenters. The zero-order chi connectivity index (χ0) is 12.1. The molecule has 0 aliphatic carbocycles. The van der Waals surface area contributed by atoms with Gasteiger partial charge in [-0.05, 0) is 12.1 Å². The van der Waals surface area contributed by atoms with Crippen molar-refractivity contribution in [1.82, 2.24) is 14.9 Å². The van der Waals surface area contributed by atoms with Crippen LogP contribution in [-0.4, -0.2) is 16.1 Å². The molecule has 17 heavy (non-hydrogen) atoms. The second-order valence-electron chi connectivity index (χ2n) is 3.68. The van der Waals surface area contributed by atoms with E-state index in [-0.39, 0.29) is 12.1 Å². The van der Waals surface area contributed by atoms with Crippen LogP contribution in [-0.2, 0) is 13.1 Å². The number of hydrogen-bond acceptors (Lipinski definition) is 2. The molecule has 0 bridgehead atoms. The molecule has 0 amide bonds. The van der Waals surface area contributed by atoms with Gasteiger partial charge in [-0.2, -0.15) is 0 Å². The molecule has 2 rings (SSSR count). The van der Waals surface area contributed by atoms with Crippen molar-refractivity contribution < 1.29 is 8.78 Å². The fraction of sp³-hybridized carbons (Fsp3) is 0.250. The topological polar surface area (TPSA) is 29.9 Å². The molecule has 1 N–H and O–H groups in total. The molecular weight excluding hydrogens is 224 g/mol. The van der Waals surface area contributed by atoms with Gasteiger partial charge in [0.25, 0.3) is 0 Å². The smallest absolute Gasteiger partial charge is 0.130 e. The van der Waals surface area contributed by atoms with Gasteiger partial charge in [-0.25, -0.2) is 13.8 Å². The first-order chi connectivity index (χ1) is 8.27. The monoisotopic (exact) mass is 237 g/mol. The Morgan fingerprint density at radius 1 is 1.24 bits per heavy atom. The molecule has 0 aliphatic heterocycles. The number of imidazole rings is 1. The van der Waals surface area contributed by atoms with Crippen molar-refractivity contribution in [3.8, 4) is 0 Å². The van der Waals surface area contributed by atoms with Gasteiger partial charge in [0.15, 0.2) is 0 Å². The molecule has 1 heterocycles. The largest absolute Gasteiger partial charge is 0.336 e. The summed E-state index contributed by atoms with van der Waals surface area (Å²) < 4.78 is 28.4. The van der Waals surface area contributed by atoms with E-state index in [0.29, 0.717) is 6.54 Å². The minimum Gasteiger partial charge on any atom is -0.336 e. The molecule has 0 atom stereocenters. The normalized spacial score (nSPS) is 10.7. The summed E-state index contributed by atoms with van der Waals surface area (Å²) in [7, 11) is 0. The molecule has 2 aromatic rings. The van der Waals surface area contributed by atoms with Crippen molar-refractivity contribution >= 4 is 0 Å². The minimum atomic E-state index is -0.514. The Balaban J connectivity index is 1.82. The third kappa shape index (κ3) is 3.10. The number of nitrogens with zero attached hydrogens (tertiary/aromatic N) is 2. The lowest BCUT2D eigenvalue weighted by Gasteiger charge is -2.07. The predicted octanol–water partition coefficient (Wildman–Crippen LogP) is 1.95. The van der Waals surface area contributed by atoms with E-state index >= 15 is 0 Å². The molecule has 90 valence electrons. The predicted molar refractivity (Wildman–Crippen MR) is 60.3 cm³/mol. The van der Waals surface area contributed by atoms with E-state index in [2.05, 4.69) is 10.3 Å². The third-order valence-corrected chi connectivity index (χ3v) is 2.47. The molecule has 5 heteroatoms. The Morgan fingerprint density at radius 2 is 2.00 bits per heavy atom. The molecule has 0 radical (unpaired) electrons. The Bertz CT molecular complexity index is 448. The highest BCUT2D eigenvalue weighted by Gasteiger charge is 2.06. The number of halogens is 2. The number of hydrogen-bond donors (Lipinski definition) is 1. The van der Waals surface area contributed by atoms with Crippen molar-refractivity contribution in [2.45, 2.75) is 13.1 Å². The first kappa shape index (κ1) is 11.7. The van der Waals surface area contributed by atoms with E-state index in [4.69, 9.17) is 0 Å². The van der Waals surface area contributed by atoms with Crippen LogP contribution in [0.4, 0.5) is 8.78 Å². The SMILES string of the molecule is Fc1cccc(F)c1CNCCn1ccnc1. The van der Waals surface area contributed by atoms with E-state index in [1.54, 1.807) is 12.5 Å². The van der Waals surface area contributed by atoms with Crippen LogP contribution < -0.4 is 5.32 Å². The van der Waals surface area contributed by atoms with Crippen LogP contribution in [0.25, 0.3) is 0 Å². The van der Waals surface area contributed by atoms with Gasteiger partial charge in [0.2, 0.25) is 0 Å². The lowest BCUT2D eigenvalue weighted by atomic mass is 10.2. The molecule has 0 aliphatic rings. The molecule has 0 saturated heterocycles. The summed E-state index contributed by atoms with van der Waals surface area (Å²) >= 11 is 0. The van der Waals surface area contributed by atoms with Crippen LogP contribution in [0.2, 0.25) is 0 Å². The van der Waals surface area contributed by atoms with Gasteiger partial charge in [-0.15, -0.1) is 0 Å². The van der Waals surface area contributed by atoms with Crippen LogP contribution in [0.5, 0.6) is 0 Å². The van der Waals surface area contributed by atoms with E-state index in [9.17, 15) is 8.78 Å². The molecule has 0 fully saturated rings. The summed E-state index contributed by atoms with van der Waals surface area (Å²) in [6.45, 7) is 1.54. The second kappa shape index (κ2) is 5.54. The fourth-order valence-electron chi connectivity index (χ4n) is 1.54. The van der Waals surface area contributed by atoms with Crippen LogP contribution in [0.15, 0.2) is 36.9 Å². The first-order valence-electron chi connectivity index (χ1n) is 5.36. The van der Waals surface area contributed by atoms with Gasteiger partial charge >= 0.3 is 0 Å². The van der Waals surface area contributed by atoms with Crippen LogP contribution in [0.1, 0.15) is 5.56 Å². The quantitative estimate of drug-likeness (QED) is 0.805. The first-order valence-corrected chi connectivity index (χ1v) is 5.36. The maximum absolute atomic E-state index is 13.3. The summed E-state index contributed by atoms with van der Waals surface area (Å²) in [5, 5.41) is 2.99. The minimum absolute atomic E-state index is 0.0816. The average molecular weight is 237 g/mol. The second-order valence-corrected chi connectivity index (χ2v) is 3.68. The molecule has 0 spiro atoms. The van der Waals surface area contributed by atoms with Crippen LogP contribution in [0, 0.1) is 11.6 Å². The summed E-state index contributed by atoms with van der Waals surface area (Å²) in [5.41, 5.74) is 0.0816. The average Bonchev–Trinajstić information content (AvgIpc) is 2.80. The summed E-state index contributed by atoms with van der Waals surface area (Å²) in [4.78, 5) is 3.90. The van der Waals surface area contributed by atoms with Crippen molar-refractivity contribution in [3.05, 3.63) is 54.1 Å². The summed E-state index contributed by atoms with van der Waals surface area (Å²) in [6.07, 6.45) is 5.23. The Morgan fingerprint density at radius 3 is 2.65 bits per heavy atom. The Labute approximate surface area is 98.1 Å². The van der Waals surface area contributed by atoms with E-state index in [1.165, 1.54) is 18.2 Å². The number of nitrogens with one attached hydrogen (secondary N) is 1. The molecule has 1 aromatic carbocycles. The summed E-state index contributed by atoms with van der Waals surface area (Å²) in [6, 6.07) is 3.88. The molecule has 0 saturated carbocycles. The Kier molecular flexibility index (Phi) is 3.82. The van der Waals surface area contributed by atoms with Gasteiger partial charge in [-0.1, -0.05) is 6.07 Å². The van der Waals surface area contributed by atoms with Crippen LogP contribution in [0.3, 0.4) is 0 Å². The van der Waals surface area contributed by atoms with E-state index in [1.807, 2.05) is 10.8 Å². The molecular formula is C12H13F2N3. The van der Waals surface area contributed by atoms with Gasteiger partial charge in [0.1, 0.15) is 11.6 Å². The lowest BCUT2D eigenvalue weighted by molar-refractivity contribution is 0.525. The number of rotatable bonds is 5. The van der Waals surface area contributed by atoms with Crippen molar-refractivity contribution in [2.24, 2.45) is 0 Å². The maximum atomic E-state index is 13.3. The molecule has 3 nitrogen and oxygen atoms in total. The fourth-order valence-corrected chi connectivity index (χ4v) is 1.54. The van der Waals surface area contributed by atoms with Gasteiger partial charge in [0.05, 0.1) is 6.33 Å². The lowest BCUT2D eigenvalue weighted by Crippen LogP contribution is -2.20. The zero-order valence-electron chi connectivity index (χ0n) is 9.24. The summed E-state index contributed by atoms with van der Waals surface area (Å²) in [5.74, 6) is -1.03. The van der Waals surface area contributed by atoms with Crippen molar-refractivity contribution in [1.29, 1.82) is 0 Å². The Hall–Kier alpha value is -1.75. The third-order valence-electron chi connectivity index (χ3n) is 2.47. The van der Waals surface area contributed by atoms with Gasteiger partial charge in [0, 0.05) is 37.6 Å². The molecule has 1 aromatic heterocycles. The highest BCUT2D eigenvalue weighted by Crippen LogP contribution is 2.11. The highest BCUT2D eigenvalue weighted by atomic mass is 19.1. The van der Waals surface area contributed by atoms with Crippen molar-refractivity contribution in [2.75, 3.05) is 6.54 Å². The maximum Gasteiger partial charge on any atom is 0.130 e. The zero-order valence-corrected chi connectivity index (χ0v) is 9.24.